The molecule has 6 rings (SSSR count). The van der Waals surface area contributed by atoms with Gasteiger partial charge in [0.25, 0.3) is 0 Å². The summed E-state index contributed by atoms with van der Waals surface area (Å²) in [5, 5.41) is 1.56. The van der Waals surface area contributed by atoms with Gasteiger partial charge in [-0.15, -0.1) is 23.5 Å². The van der Waals surface area contributed by atoms with E-state index in [2.05, 4.69) is 128 Å². The molecule has 8 atom stereocenters. The van der Waals surface area contributed by atoms with Crippen molar-refractivity contribution in [2.45, 2.75) is 103 Å². The Kier molecular flexibility index (Phi) is 13.4. The molecule has 0 radical (unpaired) electrons. The maximum absolute atomic E-state index is 4.93. The zero-order valence-corrected chi connectivity index (χ0v) is 35.7. The van der Waals surface area contributed by atoms with E-state index in [1.165, 1.54) is 35.1 Å². The van der Waals surface area contributed by atoms with Crippen molar-refractivity contribution < 1.29 is 20.8 Å². The van der Waals surface area contributed by atoms with E-state index in [9.17, 15) is 0 Å². The number of thioether (sulfide) groups is 2. The molecule has 240 valence electrons. The quantitative estimate of drug-likeness (QED) is 0.225. The molecule has 2 aromatic carbocycles. The summed E-state index contributed by atoms with van der Waals surface area (Å²) >= 11 is 3.73. The van der Waals surface area contributed by atoms with E-state index in [4.69, 9.17) is 17.0 Å². The molecule has 2 aromatic rings. The number of rotatable bonds is 4. The summed E-state index contributed by atoms with van der Waals surface area (Å²) in [6.45, 7) is 24.9. The summed E-state index contributed by atoms with van der Waals surface area (Å²) in [5.41, 5.74) is 14.0. The minimum atomic E-state index is -1.60. The van der Waals surface area contributed by atoms with Crippen LogP contribution in [-0.2, 0) is 20.8 Å². The van der Waals surface area contributed by atoms with Gasteiger partial charge in [-0.25, -0.2) is 0 Å². The molecule has 0 saturated heterocycles. The molecule has 0 bridgehead atoms. The van der Waals surface area contributed by atoms with Crippen LogP contribution in [0, 0.1) is 66.2 Å². The third-order valence-electron chi connectivity index (χ3n) is 11.2. The molecule has 0 spiro atoms. The molecule has 0 amide bonds. The van der Waals surface area contributed by atoms with Crippen molar-refractivity contribution in [3.05, 3.63) is 94.4 Å². The van der Waals surface area contributed by atoms with Crippen LogP contribution in [0.5, 0.6) is 0 Å². The first-order valence-electron chi connectivity index (χ1n) is 15.7. The monoisotopic (exact) mass is 762 g/mol. The Morgan fingerprint density at radius 3 is 1.34 bits per heavy atom. The molecule has 0 nitrogen and oxygen atoms in total. The van der Waals surface area contributed by atoms with Gasteiger partial charge in [0.1, 0.15) is 0 Å². The van der Waals surface area contributed by atoms with Crippen molar-refractivity contribution in [1.82, 2.24) is 0 Å². The molecule has 2 aliphatic carbocycles. The van der Waals surface area contributed by atoms with Crippen molar-refractivity contribution >= 4 is 59.8 Å². The number of aryl methyl sites for hydroxylation is 4. The fourth-order valence-corrected chi connectivity index (χ4v) is 21.4. The summed E-state index contributed by atoms with van der Waals surface area (Å²) in [6.07, 6.45) is 2.76. The van der Waals surface area contributed by atoms with E-state index in [1.807, 2.05) is 0 Å². The van der Waals surface area contributed by atoms with E-state index in [1.54, 1.807) is 32.1 Å². The van der Waals surface area contributed by atoms with Crippen LogP contribution < -0.4 is 0 Å². The Hall–Kier alpha value is 0.300. The van der Waals surface area contributed by atoms with Crippen LogP contribution in [0.2, 0.25) is 24.2 Å². The van der Waals surface area contributed by atoms with Crippen LogP contribution >= 0.6 is 40.5 Å². The van der Waals surface area contributed by atoms with Crippen LogP contribution in [0.4, 0.5) is 0 Å². The second-order valence-electron chi connectivity index (χ2n) is 14.3. The van der Waals surface area contributed by atoms with Gasteiger partial charge in [-0.2, -0.15) is 0 Å². The molecule has 0 N–H and O–H groups in total. The second-order valence-corrected chi connectivity index (χ2v) is 25.8. The van der Waals surface area contributed by atoms with E-state index in [0.29, 0.717) is 0 Å². The fourth-order valence-electron chi connectivity index (χ4n) is 9.81. The average Bonchev–Trinajstić information content (AvgIpc) is 3.58. The molecule has 2 aliphatic heterocycles. The van der Waals surface area contributed by atoms with Crippen LogP contribution in [0.15, 0.2) is 46.2 Å². The molecule has 2 heterocycles. The van der Waals surface area contributed by atoms with Gasteiger partial charge in [-0.3, -0.25) is 0 Å². The summed E-state index contributed by atoms with van der Waals surface area (Å²) in [6, 6.07) is 14.2. The van der Waals surface area contributed by atoms with Gasteiger partial charge in [0.2, 0.25) is 0 Å². The second kappa shape index (κ2) is 15.2. The average molecular weight is 765 g/mol. The SMILES string of the molecule is CC1=C(c2cc(C)ccc2C)C2CC(C)C([Si](C)(C)C3C(C)CC4C(c5cc(C)ccc5C)=C(C)SC43)C2S1.[CH3-].[CH3-].[Cl][Zr+2][Cl]. The van der Waals surface area contributed by atoms with Crippen LogP contribution in [-0.4, -0.2) is 18.6 Å². The third-order valence-corrected chi connectivity index (χ3v) is 19.9. The topological polar surface area (TPSA) is 0 Å². The van der Waals surface area contributed by atoms with Crippen molar-refractivity contribution in [2.75, 3.05) is 0 Å². The molecule has 2 saturated carbocycles. The van der Waals surface area contributed by atoms with Gasteiger partial charge in [0.15, 0.2) is 0 Å². The molecule has 4 aliphatic rings. The van der Waals surface area contributed by atoms with E-state index in [0.717, 1.165) is 45.3 Å². The summed E-state index contributed by atoms with van der Waals surface area (Å²) in [7, 11) is 8.27. The summed E-state index contributed by atoms with van der Waals surface area (Å²) < 4.78 is 0. The predicted octanol–water partition coefficient (Wildman–Crippen LogP) is 13.4. The third kappa shape index (κ3) is 6.89. The summed E-state index contributed by atoms with van der Waals surface area (Å²) in [4.78, 5) is 3.23. The Morgan fingerprint density at radius 2 is 1.00 bits per heavy atom. The molecular weight excluding hydrogens is 711 g/mol. The number of hydrogen-bond acceptors (Lipinski definition) is 2. The molecular formula is C38H54Cl2S2SiZr. The van der Waals surface area contributed by atoms with E-state index in [-0.39, 0.29) is 14.9 Å². The Labute approximate surface area is 299 Å². The molecule has 6 heteroatoms. The number of hydrogen-bond donors (Lipinski definition) is 0. The standard InChI is InChI=1S/C36H48S2Si.2CH3.2ClH.Zr/c1-19-11-13-21(3)27(15-19)31-25(7)37-33-29(31)17-23(5)35(33)39(9,10)36-24(6)18-30-32(26(8)38-34(30)36)28-16-20(2)12-14-22(28)4;;;;;/h11-16,23-24,29-30,33-36H,17-18H2,1-10H3;2*1H3;2*1H;/q;2*-1;;;+4/p-2. The zero-order valence-electron chi connectivity index (χ0n) is 29.1. The predicted molar refractivity (Wildman–Crippen MR) is 204 cm³/mol. The van der Waals surface area contributed by atoms with Gasteiger partial charge in [0, 0.05) is 10.5 Å². The molecule has 44 heavy (non-hydrogen) atoms. The number of halogens is 2. The molecule has 0 aromatic heterocycles. The van der Waals surface area contributed by atoms with Crippen molar-refractivity contribution in [3.8, 4) is 0 Å². The van der Waals surface area contributed by atoms with Gasteiger partial charge in [-0.05, 0) is 132 Å². The van der Waals surface area contributed by atoms with Crippen molar-refractivity contribution in [1.29, 1.82) is 0 Å². The summed E-state index contributed by atoms with van der Waals surface area (Å²) in [5.74, 6) is 3.12. The van der Waals surface area contributed by atoms with Crippen LogP contribution in [0.25, 0.3) is 11.1 Å². The Bertz CT molecular complexity index is 1310. The first-order chi connectivity index (χ1) is 19.8. The Morgan fingerprint density at radius 1 is 0.659 bits per heavy atom. The van der Waals surface area contributed by atoms with Gasteiger partial charge in [0.05, 0.1) is 8.07 Å². The fraction of sp³-hybridized carbons (Fsp3) is 0.526. The van der Waals surface area contributed by atoms with E-state index < -0.39 is 28.9 Å². The normalized spacial score (nSPS) is 30.6. The maximum atomic E-state index is 4.93. The molecule has 8 unspecified atom stereocenters. The number of benzene rings is 2. The number of fused-ring (bicyclic) bond motifs is 2. The first kappa shape index (κ1) is 38.7. The van der Waals surface area contributed by atoms with Gasteiger partial charge >= 0.3 is 37.9 Å². The van der Waals surface area contributed by atoms with Crippen LogP contribution in [0.3, 0.4) is 0 Å². The Balaban J connectivity index is 0.00000102. The van der Waals surface area contributed by atoms with Gasteiger partial charge in [-0.1, -0.05) is 74.5 Å². The molecule has 2 fully saturated rings. The van der Waals surface area contributed by atoms with Crippen LogP contribution in [0.1, 0.15) is 73.9 Å². The zero-order chi connectivity index (χ0) is 30.7. The van der Waals surface area contributed by atoms with Gasteiger partial charge < -0.3 is 14.9 Å². The van der Waals surface area contributed by atoms with Crippen molar-refractivity contribution in [2.24, 2.45) is 23.7 Å². The first-order valence-corrected chi connectivity index (χ1v) is 26.9. The van der Waals surface area contributed by atoms with Crippen molar-refractivity contribution in [3.63, 3.8) is 0 Å². The number of allylic oxidation sites excluding steroid dienone is 4. The minimum absolute atomic E-state index is 0. The van der Waals surface area contributed by atoms with E-state index >= 15 is 0 Å².